The molecule has 4 heteroatoms. The van der Waals surface area contributed by atoms with E-state index < -0.39 is 0 Å². The second-order valence-electron chi connectivity index (χ2n) is 5.23. The Bertz CT molecular complexity index is 225. The van der Waals surface area contributed by atoms with E-state index in [0.717, 1.165) is 12.5 Å². The Balaban J connectivity index is 2.19. The fraction of sp³-hybridized carbons (Fsp3) is 0.923. The van der Waals surface area contributed by atoms with Gasteiger partial charge in [0.1, 0.15) is 0 Å². The molecule has 0 aromatic carbocycles. The summed E-state index contributed by atoms with van der Waals surface area (Å²) in [5.74, 6) is 1.55. The summed E-state index contributed by atoms with van der Waals surface area (Å²) in [5, 5.41) is 2.84. The minimum Gasteiger partial charge on any atom is -0.383 e. The van der Waals surface area contributed by atoms with Crippen molar-refractivity contribution in [3.8, 4) is 0 Å². The fourth-order valence-electron chi connectivity index (χ4n) is 2.38. The Morgan fingerprint density at radius 2 is 2.00 bits per heavy atom. The lowest BCUT2D eigenvalue weighted by molar-refractivity contribution is 0.173. The monoisotopic (exact) mass is 242 g/mol. The van der Waals surface area contributed by atoms with Crippen molar-refractivity contribution in [3.05, 3.63) is 0 Å². The molecule has 17 heavy (non-hydrogen) atoms. The van der Waals surface area contributed by atoms with Crippen LogP contribution in [0, 0.1) is 11.8 Å². The quantitative estimate of drug-likeness (QED) is 0.750. The molecule has 0 radical (unpaired) electrons. The average molecular weight is 242 g/mol. The second kappa shape index (κ2) is 7.54. The first kappa shape index (κ1) is 14.3. The molecule has 1 aliphatic rings. The molecule has 0 aromatic heterocycles. The number of hydrogen-bond acceptors (Lipinski definition) is 2. The van der Waals surface area contributed by atoms with Crippen LogP contribution in [0.15, 0.2) is 0 Å². The smallest absolute Gasteiger partial charge is 0.317 e. The standard InChI is InChI=1S/C13H26N2O2/c1-11-4-6-12(7-5-11)10-15(2)13(16)14-8-9-17-3/h11-12H,4-10H2,1-3H3,(H,14,16). The molecular formula is C13H26N2O2. The van der Waals surface area contributed by atoms with Crippen LogP contribution in [0.3, 0.4) is 0 Å². The molecule has 2 amide bonds. The van der Waals surface area contributed by atoms with Crippen molar-refractivity contribution in [1.29, 1.82) is 0 Å². The molecule has 100 valence electrons. The maximum Gasteiger partial charge on any atom is 0.317 e. The van der Waals surface area contributed by atoms with Crippen LogP contribution >= 0.6 is 0 Å². The van der Waals surface area contributed by atoms with Crippen LogP contribution in [-0.2, 0) is 4.74 Å². The predicted octanol–water partition coefficient (Wildman–Crippen LogP) is 2.10. The van der Waals surface area contributed by atoms with Crippen molar-refractivity contribution in [2.75, 3.05) is 33.9 Å². The number of nitrogens with one attached hydrogen (secondary N) is 1. The van der Waals surface area contributed by atoms with E-state index in [1.165, 1.54) is 25.7 Å². The average Bonchev–Trinajstić information content (AvgIpc) is 2.32. The predicted molar refractivity (Wildman–Crippen MR) is 69.0 cm³/mol. The first-order chi connectivity index (χ1) is 8.13. The summed E-state index contributed by atoms with van der Waals surface area (Å²) in [6.45, 7) is 4.35. The number of hydrogen-bond donors (Lipinski definition) is 1. The van der Waals surface area contributed by atoms with E-state index in [1.807, 2.05) is 7.05 Å². The molecule has 1 aliphatic carbocycles. The van der Waals surface area contributed by atoms with Crippen molar-refractivity contribution in [2.45, 2.75) is 32.6 Å². The van der Waals surface area contributed by atoms with E-state index in [0.29, 0.717) is 19.1 Å². The first-order valence-corrected chi connectivity index (χ1v) is 6.61. The third-order valence-electron chi connectivity index (χ3n) is 3.60. The van der Waals surface area contributed by atoms with Crippen molar-refractivity contribution >= 4 is 6.03 Å². The lowest BCUT2D eigenvalue weighted by atomic mass is 9.83. The molecule has 0 atom stereocenters. The van der Waals surface area contributed by atoms with Gasteiger partial charge >= 0.3 is 6.03 Å². The molecule has 0 aliphatic heterocycles. The lowest BCUT2D eigenvalue weighted by Crippen LogP contribution is -2.41. The van der Waals surface area contributed by atoms with Crippen molar-refractivity contribution in [3.63, 3.8) is 0 Å². The van der Waals surface area contributed by atoms with Gasteiger partial charge in [0, 0.05) is 27.2 Å². The number of rotatable bonds is 5. The highest BCUT2D eigenvalue weighted by atomic mass is 16.5. The number of carbonyl (C=O) groups excluding carboxylic acids is 1. The molecule has 0 spiro atoms. The summed E-state index contributed by atoms with van der Waals surface area (Å²) in [6.07, 6.45) is 5.14. The van der Waals surface area contributed by atoms with Crippen molar-refractivity contribution < 1.29 is 9.53 Å². The second-order valence-corrected chi connectivity index (χ2v) is 5.23. The molecule has 0 aromatic rings. The Hall–Kier alpha value is -0.770. The Morgan fingerprint density at radius 3 is 2.59 bits per heavy atom. The van der Waals surface area contributed by atoms with Gasteiger partial charge in [0.05, 0.1) is 6.61 Å². The maximum absolute atomic E-state index is 11.7. The SMILES string of the molecule is COCCNC(=O)N(C)CC1CCC(C)CC1. The number of urea groups is 1. The summed E-state index contributed by atoms with van der Waals surface area (Å²) in [6, 6.07) is 0.0145. The van der Waals surface area contributed by atoms with E-state index >= 15 is 0 Å². The molecule has 1 N–H and O–H groups in total. The Morgan fingerprint density at radius 1 is 1.35 bits per heavy atom. The van der Waals surface area contributed by atoms with Crippen LogP contribution in [0.25, 0.3) is 0 Å². The van der Waals surface area contributed by atoms with Crippen molar-refractivity contribution in [1.82, 2.24) is 10.2 Å². The Kier molecular flexibility index (Phi) is 6.34. The van der Waals surface area contributed by atoms with Crippen molar-refractivity contribution in [2.24, 2.45) is 11.8 Å². The van der Waals surface area contributed by atoms with Crippen LogP contribution in [0.1, 0.15) is 32.6 Å². The van der Waals surface area contributed by atoms with Crippen LogP contribution in [0.5, 0.6) is 0 Å². The third kappa shape index (κ3) is 5.39. The summed E-state index contributed by atoms with van der Waals surface area (Å²) in [5.41, 5.74) is 0. The largest absolute Gasteiger partial charge is 0.383 e. The van der Waals surface area contributed by atoms with Gasteiger partial charge < -0.3 is 15.0 Å². The third-order valence-corrected chi connectivity index (χ3v) is 3.60. The van der Waals surface area contributed by atoms with Crippen LogP contribution in [0.4, 0.5) is 4.79 Å². The van der Waals surface area contributed by atoms with Crippen LogP contribution < -0.4 is 5.32 Å². The molecule has 0 bridgehead atoms. The molecule has 0 heterocycles. The highest BCUT2D eigenvalue weighted by molar-refractivity contribution is 5.73. The topological polar surface area (TPSA) is 41.6 Å². The zero-order valence-electron chi connectivity index (χ0n) is 11.4. The summed E-state index contributed by atoms with van der Waals surface area (Å²) < 4.78 is 4.90. The van der Waals surface area contributed by atoms with E-state index in [4.69, 9.17) is 4.74 Å². The summed E-state index contributed by atoms with van der Waals surface area (Å²) >= 11 is 0. The van der Waals surface area contributed by atoms with Crippen LogP contribution in [0.2, 0.25) is 0 Å². The molecule has 0 unspecified atom stereocenters. The molecule has 0 saturated heterocycles. The minimum atomic E-state index is 0.0145. The molecular weight excluding hydrogens is 216 g/mol. The highest BCUT2D eigenvalue weighted by Crippen LogP contribution is 2.28. The van der Waals surface area contributed by atoms with Gasteiger partial charge in [-0.1, -0.05) is 19.8 Å². The molecule has 1 fully saturated rings. The summed E-state index contributed by atoms with van der Waals surface area (Å²) in [7, 11) is 3.51. The maximum atomic E-state index is 11.7. The zero-order valence-corrected chi connectivity index (χ0v) is 11.4. The van der Waals surface area contributed by atoms with Gasteiger partial charge in [-0.15, -0.1) is 0 Å². The number of carbonyl (C=O) groups is 1. The van der Waals surface area contributed by atoms with Gasteiger partial charge in [-0.05, 0) is 24.7 Å². The number of amides is 2. The van der Waals surface area contributed by atoms with Gasteiger partial charge in [0.2, 0.25) is 0 Å². The van der Waals surface area contributed by atoms with Gasteiger partial charge in [-0.2, -0.15) is 0 Å². The van der Waals surface area contributed by atoms with Gasteiger partial charge in [0.25, 0.3) is 0 Å². The number of methoxy groups -OCH3 is 1. The number of nitrogens with zero attached hydrogens (tertiary/aromatic N) is 1. The van der Waals surface area contributed by atoms with Gasteiger partial charge in [0.15, 0.2) is 0 Å². The Labute approximate surface area is 105 Å². The van der Waals surface area contributed by atoms with E-state index in [1.54, 1.807) is 12.0 Å². The normalized spacial score (nSPS) is 24.4. The molecule has 4 nitrogen and oxygen atoms in total. The molecule has 1 saturated carbocycles. The van der Waals surface area contributed by atoms with E-state index in [9.17, 15) is 4.79 Å². The van der Waals surface area contributed by atoms with Gasteiger partial charge in [-0.25, -0.2) is 4.79 Å². The fourth-order valence-corrected chi connectivity index (χ4v) is 2.38. The number of ether oxygens (including phenoxy) is 1. The summed E-state index contributed by atoms with van der Waals surface area (Å²) in [4.78, 5) is 13.5. The van der Waals surface area contributed by atoms with Crippen LogP contribution in [-0.4, -0.2) is 44.8 Å². The zero-order chi connectivity index (χ0) is 12.7. The molecule has 1 rings (SSSR count). The first-order valence-electron chi connectivity index (χ1n) is 6.61. The minimum absolute atomic E-state index is 0.0145. The van der Waals surface area contributed by atoms with Gasteiger partial charge in [-0.3, -0.25) is 0 Å². The van der Waals surface area contributed by atoms with E-state index in [2.05, 4.69) is 12.2 Å². The van der Waals surface area contributed by atoms with E-state index in [-0.39, 0.29) is 6.03 Å². The highest BCUT2D eigenvalue weighted by Gasteiger charge is 2.20. The lowest BCUT2D eigenvalue weighted by Gasteiger charge is -2.29.